The van der Waals surface area contributed by atoms with Crippen LogP contribution in [0.5, 0.6) is 0 Å². The summed E-state index contributed by atoms with van der Waals surface area (Å²) in [5, 5.41) is 1.73. The Hall–Kier alpha value is -2.70. The Morgan fingerprint density at radius 2 is 1.72 bits per heavy atom. The molecule has 0 unspecified atom stereocenters. The Morgan fingerprint density at radius 1 is 1.00 bits per heavy atom. The molecular weight excluding hydrogens is 406 g/mol. The molecule has 0 N–H and O–H groups in total. The first kappa shape index (κ1) is 18.3. The number of hydrogen-bond acceptors (Lipinski definition) is 5. The van der Waals surface area contributed by atoms with Crippen LogP contribution in [-0.4, -0.2) is 34.8 Å². The molecule has 146 valence electrons. The van der Waals surface area contributed by atoms with E-state index in [0.717, 1.165) is 36.5 Å². The molecule has 2 aliphatic heterocycles. The third-order valence-corrected chi connectivity index (χ3v) is 6.93. The average Bonchev–Trinajstić information content (AvgIpc) is 3.30. The molecule has 0 saturated carbocycles. The van der Waals surface area contributed by atoms with Crippen LogP contribution in [0.25, 0.3) is 10.2 Å². The van der Waals surface area contributed by atoms with Gasteiger partial charge < -0.3 is 4.90 Å². The van der Waals surface area contributed by atoms with Crippen molar-refractivity contribution in [1.82, 2.24) is 9.88 Å². The van der Waals surface area contributed by atoms with Crippen LogP contribution in [0.2, 0.25) is 5.02 Å². The number of hydrogen-bond donors (Lipinski definition) is 0. The van der Waals surface area contributed by atoms with E-state index in [-0.39, 0.29) is 11.8 Å². The molecule has 3 aromatic rings. The summed E-state index contributed by atoms with van der Waals surface area (Å²) in [6.45, 7) is 1.47. The molecule has 1 aromatic heterocycles. The first-order valence-corrected chi connectivity index (χ1v) is 10.8. The fraction of sp³-hybridized carbons (Fsp3) is 0.227. The minimum absolute atomic E-state index is 0.268. The van der Waals surface area contributed by atoms with Crippen LogP contribution in [0, 0.1) is 0 Å². The number of fused-ring (bicyclic) bond motifs is 1. The van der Waals surface area contributed by atoms with Crippen LogP contribution in [0.4, 0.5) is 5.69 Å². The van der Waals surface area contributed by atoms with Gasteiger partial charge in [-0.3, -0.25) is 9.59 Å². The van der Waals surface area contributed by atoms with Gasteiger partial charge >= 0.3 is 0 Å². The summed E-state index contributed by atoms with van der Waals surface area (Å²) in [6, 6.07) is 14.9. The van der Waals surface area contributed by atoms with Gasteiger partial charge in [0.15, 0.2) is 0 Å². The number of benzene rings is 2. The standard InChI is InChI=1S/C22H18ClN3O2S/c23-15-5-7-16(8-6-15)26-20(27)13-18(22(26)28)25-11-9-14(10-12-25)21-24-17-3-1-2-4-19(17)29-21/h1-8,13-14H,9-12H2. The van der Waals surface area contributed by atoms with Gasteiger partial charge in [0.2, 0.25) is 0 Å². The summed E-state index contributed by atoms with van der Waals surface area (Å²) >= 11 is 7.67. The number of likely N-dealkylation sites (tertiary alicyclic amines) is 1. The van der Waals surface area contributed by atoms with Gasteiger partial charge in [0.05, 0.1) is 20.9 Å². The molecule has 29 heavy (non-hydrogen) atoms. The highest BCUT2D eigenvalue weighted by atomic mass is 35.5. The largest absolute Gasteiger partial charge is 0.367 e. The SMILES string of the molecule is O=C1C=C(N2CCC(c3nc4ccccc4s3)CC2)C(=O)N1c1ccc(Cl)cc1. The summed E-state index contributed by atoms with van der Waals surface area (Å²) in [4.78, 5) is 33.4. The molecule has 0 atom stereocenters. The maximum absolute atomic E-state index is 12.9. The van der Waals surface area contributed by atoms with Crippen molar-refractivity contribution < 1.29 is 9.59 Å². The predicted molar refractivity (Wildman–Crippen MR) is 115 cm³/mol. The first-order chi connectivity index (χ1) is 14.1. The van der Waals surface area contributed by atoms with Gasteiger partial charge in [0.1, 0.15) is 5.70 Å². The summed E-state index contributed by atoms with van der Waals surface area (Å²) in [5.41, 5.74) is 2.07. The lowest BCUT2D eigenvalue weighted by Gasteiger charge is -2.33. The Bertz CT molecular complexity index is 1100. The predicted octanol–water partition coefficient (Wildman–Crippen LogP) is 4.59. The molecule has 1 saturated heterocycles. The molecule has 5 rings (SSSR count). The van der Waals surface area contributed by atoms with Crippen molar-refractivity contribution in [2.24, 2.45) is 0 Å². The van der Waals surface area contributed by atoms with Crippen molar-refractivity contribution in [1.29, 1.82) is 0 Å². The molecule has 3 heterocycles. The second-order valence-electron chi connectivity index (χ2n) is 7.27. The van der Waals surface area contributed by atoms with E-state index in [1.165, 1.54) is 15.7 Å². The van der Waals surface area contributed by atoms with E-state index >= 15 is 0 Å². The zero-order valence-corrected chi connectivity index (χ0v) is 17.1. The number of piperidine rings is 1. The van der Waals surface area contributed by atoms with Crippen molar-refractivity contribution in [2.75, 3.05) is 18.0 Å². The number of halogens is 1. The molecular formula is C22H18ClN3O2S. The highest BCUT2D eigenvalue weighted by Crippen LogP contribution is 2.35. The van der Waals surface area contributed by atoms with Gasteiger partial charge in [-0.15, -0.1) is 11.3 Å². The molecule has 2 aliphatic rings. The zero-order valence-electron chi connectivity index (χ0n) is 15.5. The van der Waals surface area contributed by atoms with E-state index < -0.39 is 0 Å². The second-order valence-corrected chi connectivity index (χ2v) is 8.76. The Labute approximate surface area is 177 Å². The Morgan fingerprint density at radius 3 is 2.45 bits per heavy atom. The van der Waals surface area contributed by atoms with E-state index in [9.17, 15) is 9.59 Å². The van der Waals surface area contributed by atoms with E-state index in [2.05, 4.69) is 6.07 Å². The van der Waals surface area contributed by atoms with Crippen molar-refractivity contribution in [3.63, 3.8) is 0 Å². The monoisotopic (exact) mass is 423 g/mol. The van der Waals surface area contributed by atoms with Crippen LogP contribution in [-0.2, 0) is 9.59 Å². The number of carbonyl (C=O) groups excluding carboxylic acids is 2. The van der Waals surface area contributed by atoms with Gasteiger partial charge in [-0.05, 0) is 49.2 Å². The number of rotatable bonds is 3. The van der Waals surface area contributed by atoms with Crippen LogP contribution in [0.3, 0.4) is 0 Å². The minimum Gasteiger partial charge on any atom is -0.367 e. The van der Waals surface area contributed by atoms with E-state index in [1.54, 1.807) is 35.6 Å². The molecule has 0 bridgehead atoms. The van der Waals surface area contributed by atoms with E-state index in [0.29, 0.717) is 22.3 Å². The summed E-state index contributed by atoms with van der Waals surface area (Å²) in [5.74, 6) is -0.180. The lowest BCUT2D eigenvalue weighted by molar-refractivity contribution is -0.121. The molecule has 1 fully saturated rings. The maximum atomic E-state index is 12.9. The summed E-state index contributed by atoms with van der Waals surface area (Å²) < 4.78 is 1.21. The Balaban J connectivity index is 1.29. The summed E-state index contributed by atoms with van der Waals surface area (Å²) in [6.07, 6.45) is 3.29. The number of amides is 2. The molecule has 0 radical (unpaired) electrons. The first-order valence-electron chi connectivity index (χ1n) is 9.56. The lowest BCUT2D eigenvalue weighted by Crippen LogP contribution is -2.38. The highest BCUT2D eigenvalue weighted by Gasteiger charge is 2.37. The minimum atomic E-state index is -0.305. The topological polar surface area (TPSA) is 53.5 Å². The number of anilines is 1. The van der Waals surface area contributed by atoms with E-state index in [4.69, 9.17) is 16.6 Å². The van der Waals surface area contributed by atoms with Crippen molar-refractivity contribution >= 4 is 50.7 Å². The van der Waals surface area contributed by atoms with Gasteiger partial charge in [-0.1, -0.05) is 23.7 Å². The normalized spacial score (nSPS) is 18.0. The molecule has 0 spiro atoms. The molecule has 0 aliphatic carbocycles. The molecule has 2 aromatic carbocycles. The maximum Gasteiger partial charge on any atom is 0.281 e. The fourth-order valence-corrected chi connectivity index (χ4v) is 5.21. The number of thiazole rings is 1. The molecule has 5 nitrogen and oxygen atoms in total. The van der Waals surface area contributed by atoms with Crippen LogP contribution < -0.4 is 4.90 Å². The van der Waals surface area contributed by atoms with Crippen LogP contribution >= 0.6 is 22.9 Å². The molecule has 7 heteroatoms. The van der Waals surface area contributed by atoms with Crippen molar-refractivity contribution in [3.8, 4) is 0 Å². The number of nitrogens with zero attached hydrogens (tertiary/aromatic N) is 3. The quantitative estimate of drug-likeness (QED) is 0.578. The lowest BCUT2D eigenvalue weighted by atomic mass is 9.97. The fourth-order valence-electron chi connectivity index (χ4n) is 3.95. The number of imide groups is 1. The molecule has 2 amide bonds. The van der Waals surface area contributed by atoms with Crippen LogP contribution in [0.15, 0.2) is 60.3 Å². The zero-order chi connectivity index (χ0) is 20.0. The highest BCUT2D eigenvalue weighted by molar-refractivity contribution is 7.18. The van der Waals surface area contributed by atoms with Gasteiger partial charge in [0.25, 0.3) is 11.8 Å². The second kappa shape index (κ2) is 7.28. The van der Waals surface area contributed by atoms with Gasteiger partial charge in [-0.2, -0.15) is 0 Å². The van der Waals surface area contributed by atoms with Crippen molar-refractivity contribution in [3.05, 3.63) is 70.3 Å². The van der Waals surface area contributed by atoms with E-state index in [1.807, 2.05) is 23.1 Å². The Kier molecular flexibility index (Phi) is 4.60. The third-order valence-electron chi connectivity index (χ3n) is 5.48. The third kappa shape index (κ3) is 3.32. The van der Waals surface area contributed by atoms with Crippen molar-refractivity contribution in [2.45, 2.75) is 18.8 Å². The number of aromatic nitrogens is 1. The van der Waals surface area contributed by atoms with Gasteiger partial charge in [-0.25, -0.2) is 9.88 Å². The smallest absolute Gasteiger partial charge is 0.281 e. The average molecular weight is 424 g/mol. The number of para-hydroxylation sites is 1. The van der Waals surface area contributed by atoms with Crippen LogP contribution in [0.1, 0.15) is 23.8 Å². The van der Waals surface area contributed by atoms with Gasteiger partial charge in [0, 0.05) is 30.1 Å². The number of carbonyl (C=O) groups is 2. The summed E-state index contributed by atoms with van der Waals surface area (Å²) in [7, 11) is 0.